The van der Waals surface area contributed by atoms with Crippen molar-refractivity contribution >= 4 is 33.2 Å². The number of benzene rings is 1. The number of ether oxygens (including phenoxy) is 1. The highest BCUT2D eigenvalue weighted by Crippen LogP contribution is 2.41. The third-order valence-corrected chi connectivity index (χ3v) is 4.18. The van der Waals surface area contributed by atoms with Crippen LogP contribution in [-0.4, -0.2) is 28.0 Å². The Bertz CT molecular complexity index is 873. The standard InChI is InChI=1S/C15H14N4O2S/c1-8-9(4-3-5-10(8)21-2)13(16)19-12-11-14(22-15(12)20)18-7-6-17-11/h3-7,20H,1-2H3,(H2,16,19). The van der Waals surface area contributed by atoms with Gasteiger partial charge in [0.1, 0.15) is 27.6 Å². The van der Waals surface area contributed by atoms with Gasteiger partial charge in [-0.25, -0.2) is 15.0 Å². The molecule has 0 aliphatic heterocycles. The van der Waals surface area contributed by atoms with Crippen molar-refractivity contribution in [2.75, 3.05) is 7.11 Å². The molecule has 112 valence electrons. The predicted molar refractivity (Wildman–Crippen MR) is 87.2 cm³/mol. The van der Waals surface area contributed by atoms with Gasteiger partial charge in [0.05, 0.1) is 7.11 Å². The average molecular weight is 314 g/mol. The zero-order chi connectivity index (χ0) is 15.7. The zero-order valence-corrected chi connectivity index (χ0v) is 12.9. The Morgan fingerprint density at radius 1 is 1.32 bits per heavy atom. The maximum Gasteiger partial charge on any atom is 0.202 e. The minimum Gasteiger partial charge on any atom is -0.498 e. The van der Waals surface area contributed by atoms with Crippen molar-refractivity contribution < 1.29 is 9.84 Å². The van der Waals surface area contributed by atoms with E-state index < -0.39 is 0 Å². The van der Waals surface area contributed by atoms with Gasteiger partial charge in [0.25, 0.3) is 0 Å². The van der Waals surface area contributed by atoms with Crippen molar-refractivity contribution in [3.05, 3.63) is 41.7 Å². The quantitative estimate of drug-likeness (QED) is 0.572. The van der Waals surface area contributed by atoms with Gasteiger partial charge in [0.2, 0.25) is 5.06 Å². The number of aromatic hydroxyl groups is 1. The molecule has 2 heterocycles. The average Bonchev–Trinajstić information content (AvgIpc) is 2.83. The molecule has 3 aromatic rings. The van der Waals surface area contributed by atoms with E-state index in [0.717, 1.165) is 28.2 Å². The second-order valence-electron chi connectivity index (χ2n) is 4.60. The van der Waals surface area contributed by atoms with Crippen LogP contribution in [-0.2, 0) is 0 Å². The summed E-state index contributed by atoms with van der Waals surface area (Å²) in [4.78, 5) is 13.3. The fourth-order valence-electron chi connectivity index (χ4n) is 2.20. The van der Waals surface area contributed by atoms with Crippen LogP contribution in [0.5, 0.6) is 10.8 Å². The Morgan fingerprint density at radius 3 is 2.86 bits per heavy atom. The van der Waals surface area contributed by atoms with E-state index in [9.17, 15) is 5.11 Å². The zero-order valence-electron chi connectivity index (χ0n) is 12.1. The smallest absolute Gasteiger partial charge is 0.202 e. The Labute approximate surface area is 130 Å². The SMILES string of the molecule is COc1cccc(C(N)=Nc2c(O)sc3nccnc23)c1C. The van der Waals surface area contributed by atoms with Gasteiger partial charge in [0.15, 0.2) is 0 Å². The van der Waals surface area contributed by atoms with Gasteiger partial charge in [-0.15, -0.1) is 0 Å². The second kappa shape index (κ2) is 5.61. The molecule has 0 amide bonds. The summed E-state index contributed by atoms with van der Waals surface area (Å²) in [6.07, 6.45) is 3.13. The lowest BCUT2D eigenvalue weighted by Crippen LogP contribution is -2.14. The van der Waals surface area contributed by atoms with E-state index in [4.69, 9.17) is 10.5 Å². The molecule has 0 bridgehead atoms. The van der Waals surface area contributed by atoms with Crippen molar-refractivity contribution in [3.63, 3.8) is 0 Å². The monoisotopic (exact) mass is 314 g/mol. The molecule has 0 radical (unpaired) electrons. The summed E-state index contributed by atoms with van der Waals surface area (Å²) >= 11 is 1.12. The number of aliphatic imine (C=N–C) groups is 1. The molecular formula is C15H14N4O2S. The van der Waals surface area contributed by atoms with Gasteiger partial charge in [-0.05, 0) is 13.0 Å². The van der Waals surface area contributed by atoms with Gasteiger partial charge in [0, 0.05) is 23.5 Å². The molecule has 0 spiro atoms. The first kappa shape index (κ1) is 14.3. The van der Waals surface area contributed by atoms with E-state index in [1.165, 1.54) is 0 Å². The maximum absolute atomic E-state index is 10.1. The van der Waals surface area contributed by atoms with Gasteiger partial charge in [-0.2, -0.15) is 0 Å². The van der Waals surface area contributed by atoms with E-state index in [2.05, 4.69) is 15.0 Å². The Kier molecular flexibility index (Phi) is 3.64. The molecule has 3 rings (SSSR count). The summed E-state index contributed by atoms with van der Waals surface area (Å²) in [6.45, 7) is 1.90. The van der Waals surface area contributed by atoms with Crippen LogP contribution < -0.4 is 10.5 Å². The van der Waals surface area contributed by atoms with Crippen LogP contribution in [0.4, 0.5) is 5.69 Å². The van der Waals surface area contributed by atoms with Crippen LogP contribution in [0.15, 0.2) is 35.6 Å². The van der Waals surface area contributed by atoms with Crippen LogP contribution >= 0.6 is 11.3 Å². The first-order valence-electron chi connectivity index (χ1n) is 6.52. The summed E-state index contributed by atoms with van der Waals surface area (Å²) in [5, 5.41) is 10.1. The Morgan fingerprint density at radius 2 is 2.09 bits per heavy atom. The van der Waals surface area contributed by atoms with Gasteiger partial charge in [-0.3, -0.25) is 0 Å². The molecule has 0 saturated heterocycles. The fourth-order valence-corrected chi connectivity index (χ4v) is 2.98. The number of hydrogen-bond donors (Lipinski definition) is 2. The van der Waals surface area contributed by atoms with Crippen molar-refractivity contribution in [2.24, 2.45) is 10.7 Å². The van der Waals surface area contributed by atoms with Gasteiger partial charge < -0.3 is 15.6 Å². The molecule has 2 aromatic heterocycles. The van der Waals surface area contributed by atoms with Gasteiger partial charge in [-0.1, -0.05) is 23.5 Å². The number of nitrogens with two attached hydrogens (primary N) is 1. The van der Waals surface area contributed by atoms with Crippen LogP contribution in [0.25, 0.3) is 10.3 Å². The van der Waals surface area contributed by atoms with Crippen molar-refractivity contribution in [1.82, 2.24) is 9.97 Å². The van der Waals surface area contributed by atoms with Crippen LogP contribution in [0.2, 0.25) is 0 Å². The van der Waals surface area contributed by atoms with E-state index in [0.29, 0.717) is 16.0 Å². The minimum atomic E-state index is 0.0460. The lowest BCUT2D eigenvalue weighted by molar-refractivity contribution is 0.411. The van der Waals surface area contributed by atoms with Crippen LogP contribution in [0.3, 0.4) is 0 Å². The van der Waals surface area contributed by atoms with Gasteiger partial charge >= 0.3 is 0 Å². The highest BCUT2D eigenvalue weighted by atomic mass is 32.1. The molecule has 0 aliphatic carbocycles. The van der Waals surface area contributed by atoms with E-state index >= 15 is 0 Å². The first-order chi connectivity index (χ1) is 10.6. The molecule has 0 fully saturated rings. The fraction of sp³-hybridized carbons (Fsp3) is 0.133. The molecule has 0 aliphatic rings. The normalized spacial score (nSPS) is 11.8. The Hall–Kier alpha value is -2.67. The summed E-state index contributed by atoms with van der Waals surface area (Å²) in [5.41, 5.74) is 8.62. The maximum atomic E-state index is 10.1. The summed E-state index contributed by atoms with van der Waals surface area (Å²) in [6, 6.07) is 5.55. The van der Waals surface area contributed by atoms with Crippen LogP contribution in [0.1, 0.15) is 11.1 Å². The molecule has 7 heteroatoms. The lowest BCUT2D eigenvalue weighted by Gasteiger charge is -2.09. The highest BCUT2D eigenvalue weighted by Gasteiger charge is 2.15. The molecule has 3 N–H and O–H groups in total. The first-order valence-corrected chi connectivity index (χ1v) is 7.34. The summed E-state index contributed by atoms with van der Waals surface area (Å²) in [7, 11) is 1.60. The largest absolute Gasteiger partial charge is 0.498 e. The third-order valence-electron chi connectivity index (χ3n) is 3.30. The Balaban J connectivity index is 2.13. The van der Waals surface area contributed by atoms with Crippen molar-refractivity contribution in [3.8, 4) is 10.8 Å². The predicted octanol–water partition coefficient (Wildman–Crippen LogP) is 2.75. The number of nitrogens with zero attached hydrogens (tertiary/aromatic N) is 3. The van der Waals surface area contributed by atoms with E-state index in [1.807, 2.05) is 25.1 Å². The minimum absolute atomic E-state index is 0.0460. The third kappa shape index (κ3) is 2.35. The van der Waals surface area contributed by atoms with Crippen molar-refractivity contribution in [2.45, 2.75) is 6.92 Å². The summed E-state index contributed by atoms with van der Waals surface area (Å²) in [5.74, 6) is 1.02. The van der Waals surface area contributed by atoms with Crippen molar-refractivity contribution in [1.29, 1.82) is 0 Å². The number of thiophene rings is 1. The number of hydrogen-bond acceptors (Lipinski definition) is 6. The second-order valence-corrected chi connectivity index (χ2v) is 5.57. The molecule has 0 unspecified atom stereocenters. The van der Waals surface area contributed by atoms with E-state index in [-0.39, 0.29) is 10.9 Å². The number of fused-ring (bicyclic) bond motifs is 1. The van der Waals surface area contributed by atoms with E-state index in [1.54, 1.807) is 19.5 Å². The molecular weight excluding hydrogens is 300 g/mol. The lowest BCUT2D eigenvalue weighted by atomic mass is 10.1. The molecule has 22 heavy (non-hydrogen) atoms. The van der Waals surface area contributed by atoms with Crippen LogP contribution in [0, 0.1) is 6.92 Å². The topological polar surface area (TPSA) is 93.6 Å². The number of rotatable bonds is 3. The molecule has 6 nitrogen and oxygen atoms in total. The number of aromatic nitrogens is 2. The number of amidine groups is 1. The molecule has 1 aromatic carbocycles. The highest BCUT2D eigenvalue weighted by molar-refractivity contribution is 7.21. The molecule has 0 saturated carbocycles. The molecule has 0 atom stereocenters. The summed E-state index contributed by atoms with van der Waals surface area (Å²) < 4.78 is 5.28. The number of methoxy groups -OCH3 is 1.